The first kappa shape index (κ1) is 13.8. The molecule has 0 fully saturated rings. The Bertz CT molecular complexity index is 353. The molecular weight excluding hydrogens is 286 g/mol. The van der Waals surface area contributed by atoms with Gasteiger partial charge < -0.3 is 9.47 Å². The number of rotatable bonds is 5. The van der Waals surface area contributed by atoms with Gasteiger partial charge >= 0.3 is 6.09 Å². The average molecular weight is 302 g/mol. The Morgan fingerprint density at radius 1 is 1.41 bits per heavy atom. The van der Waals surface area contributed by atoms with Crippen molar-refractivity contribution in [1.29, 1.82) is 0 Å². The zero-order valence-electron chi connectivity index (χ0n) is 9.90. The van der Waals surface area contributed by atoms with E-state index < -0.39 is 6.09 Å². The van der Waals surface area contributed by atoms with E-state index in [1.54, 1.807) is 31.4 Å². The van der Waals surface area contributed by atoms with Gasteiger partial charge in [0.05, 0.1) is 13.7 Å². The summed E-state index contributed by atoms with van der Waals surface area (Å²) in [4.78, 5) is 11.4. The Labute approximate surface area is 109 Å². The van der Waals surface area contributed by atoms with Gasteiger partial charge in [-0.3, -0.25) is 5.32 Å². The minimum Gasteiger partial charge on any atom is -0.497 e. The Hall–Kier alpha value is -1.23. The quantitative estimate of drug-likeness (QED) is 0.849. The third-order valence-electron chi connectivity index (χ3n) is 2.10. The van der Waals surface area contributed by atoms with Crippen LogP contribution in [0.1, 0.15) is 6.92 Å². The third-order valence-corrected chi connectivity index (χ3v) is 3.20. The van der Waals surface area contributed by atoms with Crippen LogP contribution < -0.4 is 10.1 Å². The van der Waals surface area contributed by atoms with Crippen molar-refractivity contribution in [2.24, 2.45) is 5.92 Å². The standard InChI is InChI=1S/C12H16BrNO3/c1-9(7-13)8-17-12(15)14-10-3-5-11(16-2)6-4-10/h3-6,9H,7-8H2,1-2H3,(H,14,15). The van der Waals surface area contributed by atoms with Crippen LogP contribution in [-0.4, -0.2) is 25.1 Å². The Kier molecular flexibility index (Phi) is 5.83. The molecule has 0 aromatic heterocycles. The number of amides is 1. The molecule has 0 heterocycles. The third kappa shape index (κ3) is 5.08. The van der Waals surface area contributed by atoms with E-state index in [0.29, 0.717) is 18.2 Å². The lowest BCUT2D eigenvalue weighted by Gasteiger charge is -2.10. The zero-order valence-corrected chi connectivity index (χ0v) is 11.5. The van der Waals surface area contributed by atoms with Crippen LogP contribution >= 0.6 is 15.9 Å². The summed E-state index contributed by atoms with van der Waals surface area (Å²) in [5.41, 5.74) is 0.683. The molecule has 1 unspecified atom stereocenters. The van der Waals surface area contributed by atoms with E-state index in [4.69, 9.17) is 9.47 Å². The summed E-state index contributed by atoms with van der Waals surface area (Å²) in [5.74, 6) is 1.05. The van der Waals surface area contributed by atoms with Gasteiger partial charge in [0.25, 0.3) is 0 Å². The monoisotopic (exact) mass is 301 g/mol. The molecule has 1 N–H and O–H groups in total. The number of nitrogens with one attached hydrogen (secondary N) is 1. The van der Waals surface area contributed by atoms with Crippen LogP contribution in [0.3, 0.4) is 0 Å². The van der Waals surface area contributed by atoms with Crippen LogP contribution in [0.4, 0.5) is 10.5 Å². The number of hydrogen-bond donors (Lipinski definition) is 1. The van der Waals surface area contributed by atoms with Crippen LogP contribution in [0.2, 0.25) is 0 Å². The molecule has 0 saturated carbocycles. The van der Waals surface area contributed by atoms with Crippen molar-refractivity contribution in [2.45, 2.75) is 6.92 Å². The average Bonchev–Trinajstić information content (AvgIpc) is 2.36. The van der Waals surface area contributed by atoms with E-state index in [-0.39, 0.29) is 0 Å². The maximum Gasteiger partial charge on any atom is 0.411 e. The Morgan fingerprint density at radius 3 is 2.59 bits per heavy atom. The van der Waals surface area contributed by atoms with Crippen LogP contribution in [0, 0.1) is 5.92 Å². The lowest BCUT2D eigenvalue weighted by atomic mass is 10.2. The molecule has 1 rings (SSSR count). The van der Waals surface area contributed by atoms with Gasteiger partial charge in [-0.1, -0.05) is 22.9 Å². The number of carbonyl (C=O) groups excluding carboxylic acids is 1. The second-order valence-corrected chi connectivity index (χ2v) is 4.36. The molecule has 1 aromatic carbocycles. The van der Waals surface area contributed by atoms with Gasteiger partial charge in [0.1, 0.15) is 5.75 Å². The Morgan fingerprint density at radius 2 is 2.06 bits per heavy atom. The summed E-state index contributed by atoms with van der Waals surface area (Å²) < 4.78 is 10.1. The molecule has 17 heavy (non-hydrogen) atoms. The van der Waals surface area contributed by atoms with Gasteiger partial charge in [-0.2, -0.15) is 0 Å². The van der Waals surface area contributed by atoms with Crippen molar-refractivity contribution >= 4 is 27.7 Å². The molecule has 0 aliphatic carbocycles. The molecule has 0 aliphatic heterocycles. The maximum absolute atomic E-state index is 11.4. The highest BCUT2D eigenvalue weighted by atomic mass is 79.9. The van der Waals surface area contributed by atoms with Crippen LogP contribution in [-0.2, 0) is 4.74 Å². The van der Waals surface area contributed by atoms with Gasteiger partial charge in [0, 0.05) is 16.9 Å². The highest BCUT2D eigenvalue weighted by Gasteiger charge is 2.06. The fraction of sp³-hybridized carbons (Fsp3) is 0.417. The number of halogens is 1. The van der Waals surface area contributed by atoms with Crippen molar-refractivity contribution in [1.82, 2.24) is 0 Å². The molecule has 1 amide bonds. The number of anilines is 1. The SMILES string of the molecule is COc1ccc(NC(=O)OCC(C)CBr)cc1. The maximum atomic E-state index is 11.4. The summed E-state index contributed by atoms with van der Waals surface area (Å²) in [6.07, 6.45) is -0.442. The lowest BCUT2D eigenvalue weighted by molar-refractivity contribution is 0.148. The van der Waals surface area contributed by atoms with Crippen molar-refractivity contribution < 1.29 is 14.3 Å². The van der Waals surface area contributed by atoms with Crippen molar-refractivity contribution in [2.75, 3.05) is 24.4 Å². The molecular formula is C12H16BrNO3. The van der Waals surface area contributed by atoms with E-state index >= 15 is 0 Å². The van der Waals surface area contributed by atoms with Gasteiger partial charge in [0.15, 0.2) is 0 Å². The molecule has 1 aromatic rings. The number of alkyl halides is 1. The molecule has 0 saturated heterocycles. The molecule has 4 nitrogen and oxygen atoms in total. The van der Waals surface area contributed by atoms with Gasteiger partial charge in [-0.15, -0.1) is 0 Å². The summed E-state index contributed by atoms with van der Waals surface area (Å²) in [7, 11) is 1.60. The van der Waals surface area contributed by atoms with Crippen LogP contribution in [0.15, 0.2) is 24.3 Å². The molecule has 1 atom stereocenters. The summed E-state index contributed by atoms with van der Waals surface area (Å²) >= 11 is 3.32. The number of methoxy groups -OCH3 is 1. The predicted molar refractivity (Wildman–Crippen MR) is 70.9 cm³/mol. The highest BCUT2D eigenvalue weighted by Crippen LogP contribution is 2.15. The molecule has 0 bridgehead atoms. The van der Waals surface area contributed by atoms with E-state index in [0.717, 1.165) is 11.1 Å². The zero-order chi connectivity index (χ0) is 12.7. The predicted octanol–water partition coefficient (Wildman–Crippen LogP) is 3.27. The fourth-order valence-electron chi connectivity index (χ4n) is 1.09. The summed E-state index contributed by atoms with van der Waals surface area (Å²) in [6, 6.07) is 7.06. The Balaban J connectivity index is 2.39. The number of hydrogen-bond acceptors (Lipinski definition) is 3. The summed E-state index contributed by atoms with van der Waals surface area (Å²) in [6.45, 7) is 2.39. The normalized spacial score (nSPS) is 11.7. The number of carbonyl (C=O) groups is 1. The second kappa shape index (κ2) is 7.17. The minimum absolute atomic E-state index is 0.302. The molecule has 0 radical (unpaired) electrons. The lowest BCUT2D eigenvalue weighted by Crippen LogP contribution is -2.18. The van der Waals surface area contributed by atoms with Gasteiger partial charge in [-0.05, 0) is 24.3 Å². The van der Waals surface area contributed by atoms with E-state index in [1.165, 1.54) is 0 Å². The first-order valence-corrected chi connectivity index (χ1v) is 6.41. The minimum atomic E-state index is -0.442. The highest BCUT2D eigenvalue weighted by molar-refractivity contribution is 9.09. The van der Waals surface area contributed by atoms with E-state index in [2.05, 4.69) is 21.2 Å². The molecule has 5 heteroatoms. The van der Waals surface area contributed by atoms with Crippen LogP contribution in [0.25, 0.3) is 0 Å². The molecule has 0 spiro atoms. The first-order valence-electron chi connectivity index (χ1n) is 5.29. The molecule has 0 aliphatic rings. The van der Waals surface area contributed by atoms with Crippen molar-refractivity contribution in [3.8, 4) is 5.75 Å². The van der Waals surface area contributed by atoms with E-state index in [1.807, 2.05) is 6.92 Å². The summed E-state index contributed by atoms with van der Waals surface area (Å²) in [5, 5.41) is 3.45. The van der Waals surface area contributed by atoms with Crippen LogP contribution in [0.5, 0.6) is 5.75 Å². The molecule has 94 valence electrons. The number of ether oxygens (including phenoxy) is 2. The smallest absolute Gasteiger partial charge is 0.411 e. The first-order chi connectivity index (χ1) is 8.15. The fourth-order valence-corrected chi connectivity index (χ4v) is 1.28. The van der Waals surface area contributed by atoms with Crippen molar-refractivity contribution in [3.63, 3.8) is 0 Å². The van der Waals surface area contributed by atoms with E-state index in [9.17, 15) is 4.79 Å². The van der Waals surface area contributed by atoms with Crippen molar-refractivity contribution in [3.05, 3.63) is 24.3 Å². The van der Waals surface area contributed by atoms with Gasteiger partial charge in [-0.25, -0.2) is 4.79 Å². The number of benzene rings is 1. The second-order valence-electron chi connectivity index (χ2n) is 3.71. The van der Waals surface area contributed by atoms with Gasteiger partial charge in [0.2, 0.25) is 0 Å². The largest absolute Gasteiger partial charge is 0.497 e. The topological polar surface area (TPSA) is 47.6 Å².